The Kier molecular flexibility index (Phi) is 3.30. The molecule has 0 aliphatic heterocycles. The van der Waals surface area contributed by atoms with E-state index in [1.54, 1.807) is 24.3 Å². The van der Waals surface area contributed by atoms with E-state index in [0.717, 1.165) is 0 Å². The molecule has 1 aromatic carbocycles. The van der Waals surface area contributed by atoms with Crippen LogP contribution in [0, 0.1) is 11.3 Å². The molecule has 0 fully saturated rings. The number of nitriles is 1. The average molecular weight is 195 g/mol. The minimum Gasteiger partial charge on any atom is -0.339 e. The highest BCUT2D eigenvalue weighted by atomic mass is 35.5. The molecule has 0 saturated heterocycles. The van der Waals surface area contributed by atoms with Crippen LogP contribution in [-0.4, -0.2) is 12.5 Å². The largest absolute Gasteiger partial charge is 0.339 e. The van der Waals surface area contributed by atoms with Gasteiger partial charge in [0, 0.05) is 10.6 Å². The molecule has 66 valence electrons. The average Bonchev–Trinajstić information content (AvgIpc) is 2.15. The summed E-state index contributed by atoms with van der Waals surface area (Å²) in [6.45, 7) is 0.0153. The second-order valence-electron chi connectivity index (χ2n) is 2.35. The molecule has 3 nitrogen and oxygen atoms in total. The van der Waals surface area contributed by atoms with Crippen molar-refractivity contribution in [3.8, 4) is 6.07 Å². The lowest BCUT2D eigenvalue weighted by Gasteiger charge is -1.99. The Labute approximate surface area is 80.9 Å². The van der Waals surface area contributed by atoms with Crippen molar-refractivity contribution >= 4 is 17.5 Å². The summed E-state index contributed by atoms with van der Waals surface area (Å²) >= 11 is 5.64. The van der Waals surface area contributed by atoms with Crippen molar-refractivity contribution in [3.05, 3.63) is 34.9 Å². The van der Waals surface area contributed by atoms with E-state index in [1.807, 2.05) is 6.07 Å². The first-order chi connectivity index (χ1) is 6.24. The Balaban J connectivity index is 2.68. The quantitative estimate of drug-likeness (QED) is 0.727. The smallest absolute Gasteiger partial charge is 0.252 e. The number of hydrogen-bond acceptors (Lipinski definition) is 2. The number of nitrogens with zero attached hydrogens (tertiary/aromatic N) is 1. The van der Waals surface area contributed by atoms with Gasteiger partial charge < -0.3 is 5.32 Å². The molecule has 0 aromatic heterocycles. The van der Waals surface area contributed by atoms with Gasteiger partial charge in [0.2, 0.25) is 0 Å². The van der Waals surface area contributed by atoms with Crippen LogP contribution >= 0.6 is 11.6 Å². The predicted octanol–water partition coefficient (Wildman–Crippen LogP) is 1.59. The van der Waals surface area contributed by atoms with Gasteiger partial charge in [-0.15, -0.1) is 0 Å². The summed E-state index contributed by atoms with van der Waals surface area (Å²) in [6.07, 6.45) is 0. The zero-order chi connectivity index (χ0) is 9.68. The van der Waals surface area contributed by atoms with Gasteiger partial charge in [0.25, 0.3) is 5.91 Å². The van der Waals surface area contributed by atoms with Crippen LogP contribution in [0.25, 0.3) is 0 Å². The van der Waals surface area contributed by atoms with Gasteiger partial charge in [0.1, 0.15) is 6.54 Å². The van der Waals surface area contributed by atoms with Crippen molar-refractivity contribution in [2.75, 3.05) is 6.54 Å². The van der Waals surface area contributed by atoms with Gasteiger partial charge >= 0.3 is 0 Å². The summed E-state index contributed by atoms with van der Waals surface area (Å²) in [7, 11) is 0. The van der Waals surface area contributed by atoms with Crippen LogP contribution < -0.4 is 5.32 Å². The van der Waals surface area contributed by atoms with Crippen molar-refractivity contribution < 1.29 is 4.79 Å². The third-order valence-electron chi connectivity index (χ3n) is 1.43. The van der Waals surface area contributed by atoms with Crippen LogP contribution in [0.5, 0.6) is 0 Å². The van der Waals surface area contributed by atoms with E-state index in [1.165, 1.54) is 0 Å². The minimum atomic E-state index is -0.266. The van der Waals surface area contributed by atoms with Crippen molar-refractivity contribution in [2.24, 2.45) is 0 Å². The normalized spacial score (nSPS) is 8.92. The van der Waals surface area contributed by atoms with E-state index in [-0.39, 0.29) is 12.5 Å². The molecular weight excluding hydrogens is 188 g/mol. The Bertz CT molecular complexity index is 340. The monoisotopic (exact) mass is 194 g/mol. The summed E-state index contributed by atoms with van der Waals surface area (Å²) in [5.74, 6) is -0.266. The van der Waals surface area contributed by atoms with Gasteiger partial charge in [-0.05, 0) is 24.3 Å². The van der Waals surface area contributed by atoms with Crippen LogP contribution in [-0.2, 0) is 0 Å². The van der Waals surface area contributed by atoms with Crippen molar-refractivity contribution in [1.29, 1.82) is 5.26 Å². The zero-order valence-corrected chi connectivity index (χ0v) is 7.51. The molecule has 0 aliphatic carbocycles. The Hall–Kier alpha value is -1.53. The lowest BCUT2D eigenvalue weighted by atomic mass is 10.2. The summed E-state index contributed by atoms with van der Waals surface area (Å²) in [6, 6.07) is 8.29. The molecule has 0 aliphatic rings. The standard InChI is InChI=1S/C9H7ClN2O/c10-8-3-1-7(2-4-8)9(13)12-6-5-11/h1-4H,6H2,(H,12,13). The number of halogens is 1. The summed E-state index contributed by atoms with van der Waals surface area (Å²) in [5, 5.41) is 11.2. The molecule has 13 heavy (non-hydrogen) atoms. The third kappa shape index (κ3) is 2.77. The van der Waals surface area contributed by atoms with E-state index in [9.17, 15) is 4.79 Å². The highest BCUT2D eigenvalue weighted by Crippen LogP contribution is 2.08. The molecule has 0 spiro atoms. The minimum absolute atomic E-state index is 0.0153. The molecular formula is C9H7ClN2O. The fourth-order valence-corrected chi connectivity index (χ4v) is 0.949. The SMILES string of the molecule is N#CCNC(=O)c1ccc(Cl)cc1. The molecule has 0 heterocycles. The number of amides is 1. The van der Waals surface area contributed by atoms with E-state index < -0.39 is 0 Å². The molecule has 1 aromatic rings. The fraction of sp³-hybridized carbons (Fsp3) is 0.111. The number of nitrogens with one attached hydrogen (secondary N) is 1. The fourth-order valence-electron chi connectivity index (χ4n) is 0.823. The molecule has 0 radical (unpaired) electrons. The highest BCUT2D eigenvalue weighted by molar-refractivity contribution is 6.30. The third-order valence-corrected chi connectivity index (χ3v) is 1.69. The first-order valence-corrected chi connectivity index (χ1v) is 4.02. The second-order valence-corrected chi connectivity index (χ2v) is 2.78. The predicted molar refractivity (Wildman–Crippen MR) is 49.4 cm³/mol. The van der Waals surface area contributed by atoms with E-state index >= 15 is 0 Å². The van der Waals surface area contributed by atoms with Gasteiger partial charge in [-0.2, -0.15) is 5.26 Å². The summed E-state index contributed by atoms with van der Waals surface area (Å²) < 4.78 is 0. The van der Waals surface area contributed by atoms with Gasteiger partial charge in [-0.3, -0.25) is 4.79 Å². The molecule has 1 N–H and O–H groups in total. The maximum Gasteiger partial charge on any atom is 0.252 e. The topological polar surface area (TPSA) is 52.9 Å². The van der Waals surface area contributed by atoms with Crippen LogP contribution in [0.1, 0.15) is 10.4 Å². The van der Waals surface area contributed by atoms with Crippen molar-refractivity contribution in [1.82, 2.24) is 5.32 Å². The second kappa shape index (κ2) is 4.48. The Morgan fingerprint density at radius 2 is 2.08 bits per heavy atom. The van der Waals surface area contributed by atoms with Crippen LogP contribution in [0.2, 0.25) is 5.02 Å². The van der Waals surface area contributed by atoms with Crippen molar-refractivity contribution in [3.63, 3.8) is 0 Å². The van der Waals surface area contributed by atoms with Crippen LogP contribution in [0.3, 0.4) is 0 Å². The number of carbonyl (C=O) groups is 1. The van der Waals surface area contributed by atoms with E-state index in [0.29, 0.717) is 10.6 Å². The van der Waals surface area contributed by atoms with Gasteiger partial charge in [0.05, 0.1) is 6.07 Å². The lowest BCUT2D eigenvalue weighted by Crippen LogP contribution is -2.23. The maximum absolute atomic E-state index is 11.2. The maximum atomic E-state index is 11.2. The van der Waals surface area contributed by atoms with Crippen LogP contribution in [0.4, 0.5) is 0 Å². The molecule has 0 unspecified atom stereocenters. The molecule has 0 saturated carbocycles. The Morgan fingerprint density at radius 1 is 1.46 bits per heavy atom. The van der Waals surface area contributed by atoms with Gasteiger partial charge in [-0.25, -0.2) is 0 Å². The number of rotatable bonds is 2. The molecule has 1 rings (SSSR count). The van der Waals surface area contributed by atoms with E-state index in [4.69, 9.17) is 16.9 Å². The number of benzene rings is 1. The number of carbonyl (C=O) groups excluding carboxylic acids is 1. The highest BCUT2D eigenvalue weighted by Gasteiger charge is 2.02. The van der Waals surface area contributed by atoms with E-state index in [2.05, 4.69) is 5.32 Å². The zero-order valence-electron chi connectivity index (χ0n) is 6.75. The molecule has 0 bridgehead atoms. The van der Waals surface area contributed by atoms with Gasteiger partial charge in [-0.1, -0.05) is 11.6 Å². The molecule has 1 amide bonds. The molecule has 0 atom stereocenters. The first-order valence-electron chi connectivity index (χ1n) is 3.65. The summed E-state index contributed by atoms with van der Waals surface area (Å²) in [5.41, 5.74) is 0.500. The Morgan fingerprint density at radius 3 is 2.62 bits per heavy atom. The first kappa shape index (κ1) is 9.56. The molecule has 4 heteroatoms. The van der Waals surface area contributed by atoms with Crippen LogP contribution in [0.15, 0.2) is 24.3 Å². The number of hydrogen-bond donors (Lipinski definition) is 1. The summed E-state index contributed by atoms with van der Waals surface area (Å²) in [4.78, 5) is 11.2. The van der Waals surface area contributed by atoms with Gasteiger partial charge in [0.15, 0.2) is 0 Å². The lowest BCUT2D eigenvalue weighted by molar-refractivity contribution is 0.0958. The van der Waals surface area contributed by atoms with Crippen molar-refractivity contribution in [2.45, 2.75) is 0 Å².